The smallest absolute Gasteiger partial charge is 0.130 e. The van der Waals surface area contributed by atoms with E-state index in [2.05, 4.69) is 13.2 Å². The van der Waals surface area contributed by atoms with Crippen molar-refractivity contribution in [3.05, 3.63) is 36.6 Å². The fourth-order valence-electron chi connectivity index (χ4n) is 1.68. The van der Waals surface area contributed by atoms with Crippen LogP contribution in [-0.2, 0) is 4.79 Å². The van der Waals surface area contributed by atoms with E-state index in [-0.39, 0.29) is 5.41 Å². The third kappa shape index (κ3) is 1.65. The molecular weight excluding hydrogens is 174 g/mol. The van der Waals surface area contributed by atoms with Gasteiger partial charge in [-0.15, -0.1) is 0 Å². The molecule has 0 aromatic heterocycles. The number of hydrogen-bond acceptors (Lipinski definition) is 2. The summed E-state index contributed by atoms with van der Waals surface area (Å²) in [5.74, 6) is 0. The highest BCUT2D eigenvalue weighted by atomic mass is 16.1. The van der Waals surface area contributed by atoms with Gasteiger partial charge in [0.2, 0.25) is 0 Å². The Labute approximate surface area is 85.6 Å². The maximum atomic E-state index is 11.0. The van der Waals surface area contributed by atoms with Gasteiger partial charge in [-0.2, -0.15) is 0 Å². The monoisotopic (exact) mass is 191 g/mol. The molecule has 2 nitrogen and oxygen atoms in total. The molecule has 76 valence electrons. The van der Waals surface area contributed by atoms with Gasteiger partial charge < -0.3 is 9.69 Å². The third-order valence-corrected chi connectivity index (χ3v) is 2.71. The molecule has 1 rings (SSSR count). The fraction of sp³-hybridized carbons (Fsp3) is 0.417. The summed E-state index contributed by atoms with van der Waals surface area (Å²) in [7, 11) is 3.89. The van der Waals surface area contributed by atoms with E-state index < -0.39 is 0 Å². The maximum absolute atomic E-state index is 11.0. The summed E-state index contributed by atoms with van der Waals surface area (Å²) < 4.78 is 0. The Balaban J connectivity index is 3.16. The molecule has 1 aliphatic rings. The van der Waals surface area contributed by atoms with Crippen molar-refractivity contribution < 1.29 is 4.79 Å². The van der Waals surface area contributed by atoms with Crippen LogP contribution in [0.2, 0.25) is 0 Å². The molecule has 0 atom stereocenters. The van der Waals surface area contributed by atoms with Gasteiger partial charge in [-0.05, 0) is 24.5 Å². The Kier molecular flexibility index (Phi) is 2.94. The van der Waals surface area contributed by atoms with Gasteiger partial charge in [0.1, 0.15) is 6.29 Å². The topological polar surface area (TPSA) is 20.3 Å². The quantitative estimate of drug-likeness (QED) is 0.490. The van der Waals surface area contributed by atoms with Crippen molar-refractivity contribution in [1.29, 1.82) is 0 Å². The molecule has 0 aromatic carbocycles. The summed E-state index contributed by atoms with van der Waals surface area (Å²) >= 11 is 0. The van der Waals surface area contributed by atoms with Crippen LogP contribution >= 0.6 is 0 Å². The number of aldehydes is 1. The largest absolute Gasteiger partial charge is 0.377 e. The Morgan fingerprint density at radius 1 is 1.29 bits per heavy atom. The lowest BCUT2D eigenvalue weighted by atomic mass is 9.95. The summed E-state index contributed by atoms with van der Waals surface area (Å²) in [6.07, 6.45) is 6.46. The average molecular weight is 191 g/mol. The van der Waals surface area contributed by atoms with Crippen LogP contribution in [-0.4, -0.2) is 25.3 Å². The van der Waals surface area contributed by atoms with Crippen LogP contribution in [0.25, 0.3) is 0 Å². The molecule has 0 radical (unpaired) electrons. The molecule has 0 amide bonds. The average Bonchev–Trinajstić information content (AvgIpc) is 2.94. The lowest BCUT2D eigenvalue weighted by Crippen LogP contribution is -2.16. The first-order chi connectivity index (χ1) is 6.61. The van der Waals surface area contributed by atoms with Gasteiger partial charge in [-0.3, -0.25) is 0 Å². The number of rotatable bonds is 5. The normalized spacial score (nSPS) is 19.3. The molecule has 0 aliphatic heterocycles. The maximum Gasteiger partial charge on any atom is 0.130 e. The number of carbonyl (C=O) groups excluding carboxylic acids is 1. The lowest BCUT2D eigenvalue weighted by molar-refractivity contribution is -0.111. The van der Waals surface area contributed by atoms with Crippen LogP contribution in [0.1, 0.15) is 12.8 Å². The van der Waals surface area contributed by atoms with E-state index in [1.807, 2.05) is 19.0 Å². The van der Waals surface area contributed by atoms with Gasteiger partial charge in [0.25, 0.3) is 0 Å². The van der Waals surface area contributed by atoms with Crippen molar-refractivity contribution in [2.75, 3.05) is 14.1 Å². The Hall–Kier alpha value is -1.31. The highest BCUT2D eigenvalue weighted by Gasteiger charge is 2.46. The summed E-state index contributed by atoms with van der Waals surface area (Å²) in [6.45, 7) is 7.54. The minimum absolute atomic E-state index is 0.268. The van der Waals surface area contributed by atoms with Crippen LogP contribution in [0.15, 0.2) is 36.6 Å². The lowest BCUT2D eigenvalue weighted by Gasteiger charge is -2.20. The van der Waals surface area contributed by atoms with Crippen molar-refractivity contribution >= 4 is 6.29 Å². The van der Waals surface area contributed by atoms with Gasteiger partial charge in [0.05, 0.1) is 5.41 Å². The van der Waals surface area contributed by atoms with Gasteiger partial charge in [0, 0.05) is 19.8 Å². The molecule has 0 aromatic rings. The fourth-order valence-corrected chi connectivity index (χ4v) is 1.68. The predicted octanol–water partition coefficient (Wildman–Crippen LogP) is 2.15. The van der Waals surface area contributed by atoms with E-state index in [4.69, 9.17) is 0 Å². The zero-order chi connectivity index (χ0) is 10.8. The SMILES string of the molecule is C=C/C(=C(\C=C)C1(C=O)CC1)N(C)C. The Morgan fingerprint density at radius 2 is 1.86 bits per heavy atom. The highest BCUT2D eigenvalue weighted by Crippen LogP contribution is 2.51. The molecule has 1 fully saturated rings. The molecule has 0 spiro atoms. The zero-order valence-corrected chi connectivity index (χ0v) is 8.92. The van der Waals surface area contributed by atoms with Crippen LogP contribution in [0.5, 0.6) is 0 Å². The van der Waals surface area contributed by atoms with Crippen molar-refractivity contribution in [3.63, 3.8) is 0 Å². The van der Waals surface area contributed by atoms with Crippen LogP contribution < -0.4 is 0 Å². The summed E-state index contributed by atoms with van der Waals surface area (Å²) in [6, 6.07) is 0. The second-order valence-electron chi connectivity index (χ2n) is 3.88. The summed E-state index contributed by atoms with van der Waals surface area (Å²) in [5.41, 5.74) is 1.73. The molecule has 0 N–H and O–H groups in total. The van der Waals surface area contributed by atoms with E-state index >= 15 is 0 Å². The molecule has 1 saturated carbocycles. The second-order valence-corrected chi connectivity index (χ2v) is 3.88. The molecule has 0 unspecified atom stereocenters. The number of allylic oxidation sites excluding steroid dienone is 3. The van der Waals surface area contributed by atoms with Crippen LogP contribution in [0.4, 0.5) is 0 Å². The van der Waals surface area contributed by atoms with Gasteiger partial charge >= 0.3 is 0 Å². The molecule has 14 heavy (non-hydrogen) atoms. The Bertz CT molecular complexity index is 295. The Morgan fingerprint density at radius 3 is 2.07 bits per heavy atom. The minimum Gasteiger partial charge on any atom is -0.377 e. The van der Waals surface area contributed by atoms with Crippen molar-refractivity contribution in [3.8, 4) is 0 Å². The summed E-state index contributed by atoms with van der Waals surface area (Å²) in [5, 5.41) is 0. The highest BCUT2D eigenvalue weighted by molar-refractivity contribution is 5.72. The number of likely N-dealkylation sites (N-methyl/N-ethyl adjacent to an activating group) is 1. The van der Waals surface area contributed by atoms with E-state index in [1.54, 1.807) is 12.2 Å². The van der Waals surface area contributed by atoms with E-state index in [9.17, 15) is 4.79 Å². The van der Waals surface area contributed by atoms with E-state index in [0.29, 0.717) is 0 Å². The van der Waals surface area contributed by atoms with Gasteiger partial charge in [-0.1, -0.05) is 19.2 Å². The number of carbonyl (C=O) groups is 1. The third-order valence-electron chi connectivity index (χ3n) is 2.71. The molecule has 2 heteroatoms. The van der Waals surface area contributed by atoms with Crippen LogP contribution in [0.3, 0.4) is 0 Å². The van der Waals surface area contributed by atoms with Crippen molar-refractivity contribution in [2.24, 2.45) is 5.41 Å². The number of hydrogen-bond donors (Lipinski definition) is 0. The van der Waals surface area contributed by atoms with Crippen molar-refractivity contribution in [2.45, 2.75) is 12.8 Å². The summed E-state index contributed by atoms with van der Waals surface area (Å²) in [4.78, 5) is 13.0. The molecular formula is C12H17NO. The minimum atomic E-state index is -0.268. The van der Waals surface area contributed by atoms with Gasteiger partial charge in [0.15, 0.2) is 0 Å². The van der Waals surface area contributed by atoms with Crippen LogP contribution in [0, 0.1) is 5.41 Å². The second kappa shape index (κ2) is 3.82. The first-order valence-electron chi connectivity index (χ1n) is 4.74. The van der Waals surface area contributed by atoms with E-state index in [0.717, 1.165) is 30.4 Å². The predicted molar refractivity (Wildman–Crippen MR) is 58.8 cm³/mol. The molecule has 1 aliphatic carbocycles. The standard InChI is InChI=1S/C12H17NO/c1-5-10(11(6-2)13(3)4)12(9-14)7-8-12/h5-6,9H,1-2,7-8H2,3-4H3/b11-10-. The van der Waals surface area contributed by atoms with E-state index in [1.165, 1.54) is 0 Å². The molecule has 0 saturated heterocycles. The first-order valence-corrected chi connectivity index (χ1v) is 4.74. The number of nitrogens with zero attached hydrogens (tertiary/aromatic N) is 1. The molecule has 0 heterocycles. The molecule has 0 bridgehead atoms. The first kappa shape index (κ1) is 10.8. The zero-order valence-electron chi connectivity index (χ0n) is 8.92. The van der Waals surface area contributed by atoms with Crippen molar-refractivity contribution in [1.82, 2.24) is 4.90 Å². The van der Waals surface area contributed by atoms with Gasteiger partial charge in [-0.25, -0.2) is 0 Å².